The number of hydrogen-bond donors (Lipinski definition) is 2. The van der Waals surface area contributed by atoms with E-state index in [4.69, 9.17) is 10.2 Å². The van der Waals surface area contributed by atoms with E-state index in [1.807, 2.05) is 12.1 Å². The SMILES string of the molecule is CC(C)C(CCO)c1ccc(O)cc1. The van der Waals surface area contributed by atoms with E-state index in [2.05, 4.69) is 13.8 Å². The van der Waals surface area contributed by atoms with Crippen molar-refractivity contribution in [3.63, 3.8) is 0 Å². The van der Waals surface area contributed by atoms with Gasteiger partial charge in [-0.3, -0.25) is 0 Å². The first-order valence-electron chi connectivity index (χ1n) is 5.05. The number of aliphatic hydroxyl groups is 1. The summed E-state index contributed by atoms with van der Waals surface area (Å²) in [6, 6.07) is 7.25. The number of aliphatic hydroxyl groups excluding tert-OH is 1. The van der Waals surface area contributed by atoms with Crippen molar-refractivity contribution in [2.45, 2.75) is 26.2 Å². The molecule has 14 heavy (non-hydrogen) atoms. The molecule has 1 atom stereocenters. The minimum Gasteiger partial charge on any atom is -0.508 e. The molecular weight excluding hydrogens is 176 g/mol. The third-order valence-electron chi connectivity index (χ3n) is 2.57. The van der Waals surface area contributed by atoms with Crippen molar-refractivity contribution in [1.82, 2.24) is 0 Å². The van der Waals surface area contributed by atoms with Crippen molar-refractivity contribution in [2.24, 2.45) is 5.92 Å². The lowest BCUT2D eigenvalue weighted by molar-refractivity contribution is 0.261. The maximum Gasteiger partial charge on any atom is 0.115 e. The lowest BCUT2D eigenvalue weighted by Gasteiger charge is -2.20. The zero-order chi connectivity index (χ0) is 10.6. The van der Waals surface area contributed by atoms with Crippen LogP contribution in [0.5, 0.6) is 5.75 Å². The zero-order valence-electron chi connectivity index (χ0n) is 8.77. The highest BCUT2D eigenvalue weighted by atomic mass is 16.3. The largest absolute Gasteiger partial charge is 0.508 e. The molecule has 2 N–H and O–H groups in total. The summed E-state index contributed by atoms with van der Waals surface area (Å²) in [6.07, 6.45) is 0.780. The molecule has 0 heterocycles. The van der Waals surface area contributed by atoms with E-state index in [9.17, 15) is 0 Å². The fourth-order valence-electron chi connectivity index (χ4n) is 1.75. The second-order valence-corrected chi connectivity index (χ2v) is 3.95. The summed E-state index contributed by atoms with van der Waals surface area (Å²) in [5.41, 5.74) is 1.19. The van der Waals surface area contributed by atoms with Crippen LogP contribution >= 0.6 is 0 Å². The van der Waals surface area contributed by atoms with Gasteiger partial charge in [0.2, 0.25) is 0 Å². The summed E-state index contributed by atoms with van der Waals surface area (Å²) in [6.45, 7) is 4.50. The summed E-state index contributed by atoms with van der Waals surface area (Å²) >= 11 is 0. The Kier molecular flexibility index (Phi) is 3.96. The second kappa shape index (κ2) is 5.01. The molecule has 0 bridgehead atoms. The van der Waals surface area contributed by atoms with Crippen molar-refractivity contribution in [2.75, 3.05) is 6.61 Å². The lowest BCUT2D eigenvalue weighted by atomic mass is 9.86. The van der Waals surface area contributed by atoms with E-state index >= 15 is 0 Å². The van der Waals surface area contributed by atoms with Crippen LogP contribution in [0.15, 0.2) is 24.3 Å². The van der Waals surface area contributed by atoms with Gasteiger partial charge in [-0.2, -0.15) is 0 Å². The van der Waals surface area contributed by atoms with E-state index < -0.39 is 0 Å². The number of rotatable bonds is 4. The smallest absolute Gasteiger partial charge is 0.115 e. The van der Waals surface area contributed by atoms with Gasteiger partial charge in [-0.1, -0.05) is 26.0 Å². The van der Waals surface area contributed by atoms with Gasteiger partial charge in [0.1, 0.15) is 5.75 Å². The zero-order valence-corrected chi connectivity index (χ0v) is 8.77. The van der Waals surface area contributed by atoms with Crippen molar-refractivity contribution in [1.29, 1.82) is 0 Å². The van der Waals surface area contributed by atoms with Gasteiger partial charge >= 0.3 is 0 Å². The van der Waals surface area contributed by atoms with Gasteiger partial charge in [0.15, 0.2) is 0 Å². The average molecular weight is 194 g/mol. The molecule has 0 aromatic heterocycles. The van der Waals surface area contributed by atoms with E-state index in [0.29, 0.717) is 17.6 Å². The predicted molar refractivity (Wildman–Crippen MR) is 57.4 cm³/mol. The molecule has 0 aliphatic heterocycles. The molecule has 1 unspecified atom stereocenters. The van der Waals surface area contributed by atoms with Gasteiger partial charge in [0, 0.05) is 6.61 Å². The van der Waals surface area contributed by atoms with E-state index in [1.54, 1.807) is 12.1 Å². The van der Waals surface area contributed by atoms with Crippen molar-refractivity contribution < 1.29 is 10.2 Å². The van der Waals surface area contributed by atoms with Crippen LogP contribution in [0.25, 0.3) is 0 Å². The Hall–Kier alpha value is -1.02. The van der Waals surface area contributed by atoms with Gasteiger partial charge in [-0.25, -0.2) is 0 Å². The molecule has 0 fully saturated rings. The first-order valence-corrected chi connectivity index (χ1v) is 5.05. The van der Waals surface area contributed by atoms with Crippen molar-refractivity contribution >= 4 is 0 Å². The average Bonchev–Trinajstić information content (AvgIpc) is 2.15. The van der Waals surface area contributed by atoms with Crippen LogP contribution in [-0.2, 0) is 0 Å². The number of phenolic OH excluding ortho intramolecular Hbond substituents is 1. The van der Waals surface area contributed by atoms with Crippen LogP contribution in [0.3, 0.4) is 0 Å². The minimum atomic E-state index is 0.212. The molecule has 0 spiro atoms. The van der Waals surface area contributed by atoms with Crippen molar-refractivity contribution in [3.05, 3.63) is 29.8 Å². The molecule has 0 saturated carbocycles. The van der Waals surface area contributed by atoms with Gasteiger partial charge in [-0.05, 0) is 36.0 Å². The first-order chi connectivity index (χ1) is 6.65. The molecule has 0 amide bonds. The normalized spacial score (nSPS) is 13.1. The molecule has 1 rings (SSSR count). The maximum atomic E-state index is 9.16. The van der Waals surface area contributed by atoms with E-state index in [-0.39, 0.29) is 6.61 Å². The standard InChI is InChI=1S/C12H18O2/c1-9(2)12(7-8-13)10-3-5-11(14)6-4-10/h3-6,9,12-14H,7-8H2,1-2H3. The molecule has 78 valence electrons. The topological polar surface area (TPSA) is 40.5 Å². The fraction of sp³-hybridized carbons (Fsp3) is 0.500. The van der Waals surface area contributed by atoms with Gasteiger partial charge in [0.25, 0.3) is 0 Å². The summed E-state index contributed by atoms with van der Waals surface area (Å²) in [5, 5.41) is 18.1. The minimum absolute atomic E-state index is 0.212. The maximum absolute atomic E-state index is 9.16. The quantitative estimate of drug-likeness (QED) is 0.773. The molecule has 2 heteroatoms. The van der Waals surface area contributed by atoms with Crippen LogP contribution in [0, 0.1) is 5.92 Å². The Morgan fingerprint density at radius 2 is 1.71 bits per heavy atom. The molecule has 0 aliphatic rings. The van der Waals surface area contributed by atoms with Gasteiger partial charge in [-0.15, -0.1) is 0 Å². The van der Waals surface area contributed by atoms with Crippen LogP contribution in [0.2, 0.25) is 0 Å². The number of aromatic hydroxyl groups is 1. The Morgan fingerprint density at radius 1 is 1.14 bits per heavy atom. The lowest BCUT2D eigenvalue weighted by Crippen LogP contribution is -2.08. The van der Waals surface area contributed by atoms with E-state index in [0.717, 1.165) is 6.42 Å². The molecule has 0 radical (unpaired) electrons. The number of benzene rings is 1. The summed E-state index contributed by atoms with van der Waals surface area (Å²) < 4.78 is 0. The van der Waals surface area contributed by atoms with Gasteiger partial charge < -0.3 is 10.2 Å². The van der Waals surface area contributed by atoms with Crippen LogP contribution in [-0.4, -0.2) is 16.8 Å². The predicted octanol–water partition coefficient (Wildman–Crippen LogP) is 2.51. The Bertz CT molecular complexity index is 264. The van der Waals surface area contributed by atoms with Crippen LogP contribution in [0.1, 0.15) is 31.7 Å². The first kappa shape index (κ1) is 11.1. The Balaban J connectivity index is 2.82. The second-order valence-electron chi connectivity index (χ2n) is 3.95. The third kappa shape index (κ3) is 2.74. The summed E-state index contributed by atoms with van der Waals surface area (Å²) in [4.78, 5) is 0. The summed E-state index contributed by atoms with van der Waals surface area (Å²) in [7, 11) is 0. The molecule has 1 aromatic rings. The molecular formula is C12H18O2. The third-order valence-corrected chi connectivity index (χ3v) is 2.57. The van der Waals surface area contributed by atoms with Crippen LogP contribution in [0.4, 0.5) is 0 Å². The van der Waals surface area contributed by atoms with E-state index in [1.165, 1.54) is 5.56 Å². The highest BCUT2D eigenvalue weighted by molar-refractivity contribution is 5.28. The molecule has 1 aromatic carbocycles. The highest BCUT2D eigenvalue weighted by Gasteiger charge is 2.14. The molecule has 2 nitrogen and oxygen atoms in total. The fourth-order valence-corrected chi connectivity index (χ4v) is 1.75. The molecule has 0 aliphatic carbocycles. The highest BCUT2D eigenvalue weighted by Crippen LogP contribution is 2.28. The van der Waals surface area contributed by atoms with Gasteiger partial charge in [0.05, 0.1) is 0 Å². The van der Waals surface area contributed by atoms with Crippen molar-refractivity contribution in [3.8, 4) is 5.75 Å². The monoisotopic (exact) mass is 194 g/mol. The van der Waals surface area contributed by atoms with Crippen LogP contribution < -0.4 is 0 Å². The summed E-state index contributed by atoms with van der Waals surface area (Å²) in [5.74, 6) is 1.17. The Labute approximate surface area is 85.2 Å². The number of phenols is 1. The Morgan fingerprint density at radius 3 is 2.14 bits per heavy atom. The number of hydrogen-bond acceptors (Lipinski definition) is 2. The molecule has 0 saturated heterocycles.